The summed E-state index contributed by atoms with van der Waals surface area (Å²) < 4.78 is 10.7. The van der Waals surface area contributed by atoms with Crippen molar-refractivity contribution in [3.8, 4) is 17.2 Å². The van der Waals surface area contributed by atoms with E-state index in [0.717, 1.165) is 11.1 Å². The molecule has 27 heavy (non-hydrogen) atoms. The molecule has 0 aliphatic rings. The number of amides is 1. The molecule has 140 valence electrons. The number of carbonyl (C=O) groups is 1. The summed E-state index contributed by atoms with van der Waals surface area (Å²) in [6.07, 6.45) is 0.717. The highest BCUT2D eigenvalue weighted by Crippen LogP contribution is 2.21. The fourth-order valence-electron chi connectivity index (χ4n) is 2.48. The molecule has 6 nitrogen and oxygen atoms in total. The van der Waals surface area contributed by atoms with Crippen molar-refractivity contribution in [1.29, 1.82) is 0 Å². The summed E-state index contributed by atoms with van der Waals surface area (Å²) in [6, 6.07) is 14.4. The lowest BCUT2D eigenvalue weighted by Crippen LogP contribution is -2.31. The molecule has 0 saturated carbocycles. The third kappa shape index (κ3) is 5.08. The molecular weight excluding hydrogens is 366 g/mol. The van der Waals surface area contributed by atoms with E-state index in [9.17, 15) is 4.79 Å². The van der Waals surface area contributed by atoms with Crippen molar-refractivity contribution >= 4 is 17.5 Å². The van der Waals surface area contributed by atoms with Crippen LogP contribution in [0.4, 0.5) is 0 Å². The number of nitrogens with zero attached hydrogens (tertiary/aromatic N) is 2. The average Bonchev–Trinajstić information content (AvgIpc) is 3.16. The van der Waals surface area contributed by atoms with Gasteiger partial charge < -0.3 is 14.6 Å². The standard InChI is InChI=1S/C20H20ClN3O3/c1-3-18-23-20(27-24-18)15-6-10-17(11-7-15)26-12-19(25)22-13(2)14-4-8-16(21)9-5-14/h4-11,13H,3,12H2,1-2H3,(H,22,25). The Kier molecular flexibility index (Phi) is 6.08. The number of carbonyl (C=O) groups excluding carboxylic acids is 1. The van der Waals surface area contributed by atoms with Crippen LogP contribution < -0.4 is 10.1 Å². The van der Waals surface area contributed by atoms with Crippen LogP contribution in [-0.2, 0) is 11.2 Å². The summed E-state index contributed by atoms with van der Waals surface area (Å²) >= 11 is 5.88. The molecule has 0 bridgehead atoms. The maximum atomic E-state index is 12.1. The van der Waals surface area contributed by atoms with Gasteiger partial charge in [0, 0.05) is 17.0 Å². The number of hydrogen-bond donors (Lipinski definition) is 1. The summed E-state index contributed by atoms with van der Waals surface area (Å²) in [5.74, 6) is 1.51. The van der Waals surface area contributed by atoms with Crippen LogP contribution in [0.15, 0.2) is 53.1 Å². The highest BCUT2D eigenvalue weighted by molar-refractivity contribution is 6.30. The summed E-state index contributed by atoms with van der Waals surface area (Å²) in [6.45, 7) is 3.80. The first-order valence-corrected chi connectivity index (χ1v) is 9.03. The number of aromatic nitrogens is 2. The van der Waals surface area contributed by atoms with Gasteiger partial charge in [0.15, 0.2) is 12.4 Å². The highest BCUT2D eigenvalue weighted by atomic mass is 35.5. The van der Waals surface area contributed by atoms with Crippen molar-refractivity contribution < 1.29 is 14.1 Å². The molecule has 1 unspecified atom stereocenters. The van der Waals surface area contributed by atoms with Gasteiger partial charge >= 0.3 is 0 Å². The van der Waals surface area contributed by atoms with Crippen LogP contribution in [-0.4, -0.2) is 22.7 Å². The van der Waals surface area contributed by atoms with Gasteiger partial charge in [-0.25, -0.2) is 0 Å². The van der Waals surface area contributed by atoms with Crippen molar-refractivity contribution in [2.45, 2.75) is 26.3 Å². The lowest BCUT2D eigenvalue weighted by Gasteiger charge is -2.15. The number of rotatable bonds is 7. The first-order chi connectivity index (χ1) is 13.0. The molecule has 2 aromatic carbocycles. The van der Waals surface area contributed by atoms with Gasteiger partial charge in [-0.15, -0.1) is 0 Å². The quantitative estimate of drug-likeness (QED) is 0.659. The number of nitrogens with one attached hydrogen (secondary N) is 1. The predicted molar refractivity (Wildman–Crippen MR) is 103 cm³/mol. The van der Waals surface area contributed by atoms with Gasteiger partial charge in [0.1, 0.15) is 5.75 Å². The maximum absolute atomic E-state index is 12.1. The summed E-state index contributed by atoms with van der Waals surface area (Å²) in [5.41, 5.74) is 1.78. The van der Waals surface area contributed by atoms with Crippen molar-refractivity contribution in [3.63, 3.8) is 0 Å². The van der Waals surface area contributed by atoms with Crippen LogP contribution in [0.2, 0.25) is 5.02 Å². The van der Waals surface area contributed by atoms with Crippen molar-refractivity contribution in [3.05, 3.63) is 64.9 Å². The molecule has 0 radical (unpaired) electrons. The first-order valence-electron chi connectivity index (χ1n) is 8.66. The van der Waals surface area contributed by atoms with Crippen LogP contribution in [0.3, 0.4) is 0 Å². The SMILES string of the molecule is CCc1noc(-c2ccc(OCC(=O)NC(C)c3ccc(Cl)cc3)cc2)n1. The molecule has 0 fully saturated rings. The molecule has 0 saturated heterocycles. The minimum absolute atomic E-state index is 0.0716. The smallest absolute Gasteiger partial charge is 0.258 e. The molecule has 1 heterocycles. The predicted octanol–water partition coefficient (Wildman–Crippen LogP) is 4.21. The summed E-state index contributed by atoms with van der Waals surface area (Å²) in [7, 11) is 0. The van der Waals surface area contributed by atoms with Crippen LogP contribution in [0.25, 0.3) is 11.5 Å². The molecule has 1 N–H and O–H groups in total. The van der Waals surface area contributed by atoms with Gasteiger partial charge in [-0.05, 0) is 48.9 Å². The van der Waals surface area contributed by atoms with Crippen molar-refractivity contribution in [2.75, 3.05) is 6.61 Å². The fraction of sp³-hybridized carbons (Fsp3) is 0.250. The van der Waals surface area contributed by atoms with E-state index in [1.165, 1.54) is 0 Å². The number of benzene rings is 2. The Balaban J connectivity index is 1.51. The Bertz CT molecular complexity index is 892. The van der Waals surface area contributed by atoms with E-state index >= 15 is 0 Å². The lowest BCUT2D eigenvalue weighted by atomic mass is 10.1. The Morgan fingerprint density at radius 1 is 1.19 bits per heavy atom. The number of hydrogen-bond acceptors (Lipinski definition) is 5. The van der Waals surface area contributed by atoms with E-state index in [1.807, 2.05) is 38.1 Å². The van der Waals surface area contributed by atoms with E-state index in [1.54, 1.807) is 24.3 Å². The third-order valence-corrected chi connectivity index (χ3v) is 4.25. The minimum atomic E-state index is -0.203. The van der Waals surface area contributed by atoms with Gasteiger partial charge in [0.2, 0.25) is 0 Å². The van der Waals surface area contributed by atoms with Gasteiger partial charge in [-0.1, -0.05) is 35.8 Å². The fourth-order valence-corrected chi connectivity index (χ4v) is 2.60. The molecule has 1 amide bonds. The van der Waals surface area contributed by atoms with Crippen molar-refractivity contribution in [2.24, 2.45) is 0 Å². The van der Waals surface area contributed by atoms with E-state index in [-0.39, 0.29) is 18.6 Å². The first kappa shape index (κ1) is 18.9. The average molecular weight is 386 g/mol. The Morgan fingerprint density at radius 3 is 2.52 bits per heavy atom. The Hall–Kier alpha value is -2.86. The van der Waals surface area contributed by atoms with Gasteiger partial charge in [-0.3, -0.25) is 4.79 Å². The maximum Gasteiger partial charge on any atom is 0.258 e. The van der Waals surface area contributed by atoms with E-state index in [0.29, 0.717) is 28.9 Å². The van der Waals surface area contributed by atoms with Gasteiger partial charge in [0.25, 0.3) is 11.8 Å². The van der Waals surface area contributed by atoms with E-state index in [4.69, 9.17) is 20.9 Å². The lowest BCUT2D eigenvalue weighted by molar-refractivity contribution is -0.123. The second-order valence-electron chi connectivity index (χ2n) is 6.02. The molecule has 0 spiro atoms. The molecule has 0 aliphatic heterocycles. The number of ether oxygens (including phenoxy) is 1. The molecule has 0 aliphatic carbocycles. The van der Waals surface area contributed by atoms with Gasteiger partial charge in [-0.2, -0.15) is 4.98 Å². The molecule has 3 rings (SSSR count). The zero-order valence-electron chi connectivity index (χ0n) is 15.1. The third-order valence-electron chi connectivity index (χ3n) is 4.00. The Labute approximate surface area is 162 Å². The van der Waals surface area contributed by atoms with Crippen LogP contribution in [0.1, 0.15) is 31.3 Å². The monoisotopic (exact) mass is 385 g/mol. The Morgan fingerprint density at radius 2 is 1.89 bits per heavy atom. The molecule has 7 heteroatoms. The normalized spacial score (nSPS) is 11.8. The van der Waals surface area contributed by atoms with E-state index in [2.05, 4.69) is 15.5 Å². The zero-order valence-corrected chi connectivity index (χ0v) is 15.9. The van der Waals surface area contributed by atoms with E-state index < -0.39 is 0 Å². The second-order valence-corrected chi connectivity index (χ2v) is 6.46. The van der Waals surface area contributed by atoms with Crippen molar-refractivity contribution in [1.82, 2.24) is 15.5 Å². The molecule has 1 atom stereocenters. The summed E-state index contributed by atoms with van der Waals surface area (Å²) in [5, 5.41) is 7.43. The minimum Gasteiger partial charge on any atom is -0.484 e. The summed E-state index contributed by atoms with van der Waals surface area (Å²) in [4.78, 5) is 16.4. The number of halogens is 1. The van der Waals surface area contributed by atoms with Gasteiger partial charge in [0.05, 0.1) is 6.04 Å². The zero-order chi connectivity index (χ0) is 19.2. The molecule has 1 aromatic heterocycles. The van der Waals surface area contributed by atoms with Crippen LogP contribution in [0, 0.1) is 0 Å². The molecular formula is C20H20ClN3O3. The number of aryl methyl sites for hydroxylation is 1. The second kappa shape index (κ2) is 8.68. The van der Waals surface area contributed by atoms with Crippen LogP contribution >= 0.6 is 11.6 Å². The topological polar surface area (TPSA) is 77.2 Å². The van der Waals surface area contributed by atoms with Crippen LogP contribution in [0.5, 0.6) is 5.75 Å². The molecule has 3 aromatic rings. The largest absolute Gasteiger partial charge is 0.484 e. The highest BCUT2D eigenvalue weighted by Gasteiger charge is 2.11.